The van der Waals surface area contributed by atoms with Gasteiger partial charge in [0, 0.05) is 0 Å². The zero-order valence-corrected chi connectivity index (χ0v) is 12.3. The molecule has 0 aliphatic heterocycles. The van der Waals surface area contributed by atoms with Gasteiger partial charge in [0.05, 0.1) is 19.0 Å². The first kappa shape index (κ1) is 13.6. The summed E-state index contributed by atoms with van der Waals surface area (Å²) in [6, 6.07) is 0. The van der Waals surface area contributed by atoms with Gasteiger partial charge in [-0.25, -0.2) is 0 Å². The van der Waals surface area contributed by atoms with E-state index in [0.717, 1.165) is 0 Å². The molecular formula is C5H7CsO4. The Morgan fingerprint density at radius 1 is 1.50 bits per heavy atom. The Kier molecular flexibility index (Phi) is 11.0. The minimum atomic E-state index is -1.41. The van der Waals surface area contributed by atoms with E-state index in [1.165, 1.54) is 0 Å². The van der Waals surface area contributed by atoms with Crippen molar-refractivity contribution in [1.82, 2.24) is 0 Å². The van der Waals surface area contributed by atoms with Gasteiger partial charge in [-0.3, -0.25) is 4.79 Å². The zero-order chi connectivity index (χ0) is 7.28. The van der Waals surface area contributed by atoms with Crippen LogP contribution < -0.4 is 74.0 Å². The van der Waals surface area contributed by atoms with Gasteiger partial charge in [-0.05, 0) is 6.92 Å². The number of aliphatic carboxylic acids is 1. The summed E-state index contributed by atoms with van der Waals surface area (Å²) in [5.74, 6) is -2.16. The molecule has 0 saturated carbocycles. The molecule has 0 rings (SSSR count). The fourth-order valence-corrected chi connectivity index (χ4v) is 0.330. The van der Waals surface area contributed by atoms with E-state index in [0.29, 0.717) is 0 Å². The second kappa shape index (κ2) is 8.09. The number of esters is 1. The van der Waals surface area contributed by atoms with Crippen molar-refractivity contribution in [2.24, 2.45) is 0 Å². The van der Waals surface area contributed by atoms with E-state index in [2.05, 4.69) is 4.74 Å². The van der Waals surface area contributed by atoms with Gasteiger partial charge in [-0.2, -0.15) is 0 Å². The standard InChI is InChI=1S/C5H8O4.Cs/c1-2-9-5(8)3-4(6)7;/h2-3H2,1H3,(H,6,7);/q;+1/p-1. The van der Waals surface area contributed by atoms with Crippen LogP contribution in [0.2, 0.25) is 0 Å². The number of rotatable bonds is 3. The number of hydrogen-bond donors (Lipinski definition) is 0. The molecular weight excluding hydrogens is 257 g/mol. The summed E-state index contributed by atoms with van der Waals surface area (Å²) in [6.07, 6.45) is -0.659. The molecule has 0 aromatic heterocycles. The molecule has 0 unspecified atom stereocenters. The Labute approximate surface area is 118 Å². The van der Waals surface area contributed by atoms with Gasteiger partial charge in [-0.15, -0.1) is 0 Å². The molecule has 0 saturated heterocycles. The monoisotopic (exact) mass is 264 g/mol. The summed E-state index contributed by atoms with van der Waals surface area (Å²) >= 11 is 0. The van der Waals surface area contributed by atoms with Crippen LogP contribution in [0.5, 0.6) is 0 Å². The first-order chi connectivity index (χ1) is 4.16. The minimum Gasteiger partial charge on any atom is -0.550 e. The van der Waals surface area contributed by atoms with Crippen molar-refractivity contribution in [3.8, 4) is 0 Å². The maximum absolute atomic E-state index is 10.2. The van der Waals surface area contributed by atoms with E-state index in [1.54, 1.807) is 6.92 Å². The van der Waals surface area contributed by atoms with Crippen LogP contribution in [0.25, 0.3) is 0 Å². The molecule has 0 N–H and O–H groups in total. The van der Waals surface area contributed by atoms with E-state index in [-0.39, 0.29) is 75.5 Å². The number of carbonyl (C=O) groups is 2. The Hall–Kier alpha value is 0.992. The Morgan fingerprint density at radius 3 is 2.30 bits per heavy atom. The maximum Gasteiger partial charge on any atom is 1.00 e. The van der Waals surface area contributed by atoms with E-state index in [1.807, 2.05) is 0 Å². The average Bonchev–Trinajstić information content (AvgIpc) is 1.63. The molecule has 0 atom stereocenters. The number of carboxylic acid groups (broad SMARTS) is 1. The second-order valence-electron chi connectivity index (χ2n) is 1.35. The van der Waals surface area contributed by atoms with Crippen molar-refractivity contribution in [2.45, 2.75) is 13.3 Å². The predicted octanol–water partition coefficient (Wildman–Crippen LogP) is -4.31. The van der Waals surface area contributed by atoms with Crippen molar-refractivity contribution in [2.75, 3.05) is 6.61 Å². The molecule has 5 heteroatoms. The van der Waals surface area contributed by atoms with E-state index < -0.39 is 18.4 Å². The third-order valence-corrected chi connectivity index (χ3v) is 0.594. The van der Waals surface area contributed by atoms with Gasteiger partial charge in [0.15, 0.2) is 0 Å². The van der Waals surface area contributed by atoms with Gasteiger partial charge < -0.3 is 14.6 Å². The molecule has 0 fully saturated rings. The molecule has 0 aromatic carbocycles. The van der Waals surface area contributed by atoms with E-state index in [4.69, 9.17) is 0 Å². The van der Waals surface area contributed by atoms with Crippen molar-refractivity contribution in [3.63, 3.8) is 0 Å². The Bertz CT molecular complexity index is 123. The molecule has 0 aliphatic rings. The summed E-state index contributed by atoms with van der Waals surface area (Å²) < 4.78 is 4.29. The predicted molar refractivity (Wildman–Crippen MR) is 26.3 cm³/mol. The summed E-state index contributed by atoms with van der Waals surface area (Å²) in [7, 11) is 0. The number of carboxylic acids is 1. The van der Waals surface area contributed by atoms with E-state index in [9.17, 15) is 14.7 Å². The van der Waals surface area contributed by atoms with Crippen LogP contribution in [-0.4, -0.2) is 18.5 Å². The quantitative estimate of drug-likeness (QED) is 0.382. The first-order valence-electron chi connectivity index (χ1n) is 2.52. The average molecular weight is 264 g/mol. The molecule has 0 aliphatic carbocycles. The van der Waals surface area contributed by atoms with Crippen LogP contribution in [0.3, 0.4) is 0 Å². The van der Waals surface area contributed by atoms with Gasteiger partial charge in [0.2, 0.25) is 0 Å². The molecule has 52 valence electrons. The maximum atomic E-state index is 10.2. The fraction of sp³-hybridized carbons (Fsp3) is 0.600. The second-order valence-corrected chi connectivity index (χ2v) is 1.35. The molecule has 0 bridgehead atoms. The topological polar surface area (TPSA) is 66.4 Å². The summed E-state index contributed by atoms with van der Waals surface area (Å²) in [5.41, 5.74) is 0. The smallest absolute Gasteiger partial charge is 0.550 e. The summed E-state index contributed by atoms with van der Waals surface area (Å²) in [4.78, 5) is 19.9. The van der Waals surface area contributed by atoms with Crippen LogP contribution in [0, 0.1) is 0 Å². The molecule has 4 nitrogen and oxygen atoms in total. The van der Waals surface area contributed by atoms with Crippen LogP contribution >= 0.6 is 0 Å². The molecule has 0 spiro atoms. The fourth-order valence-electron chi connectivity index (χ4n) is 0.330. The van der Waals surface area contributed by atoms with Crippen LogP contribution in [0.15, 0.2) is 0 Å². The van der Waals surface area contributed by atoms with Crippen molar-refractivity contribution in [1.29, 1.82) is 0 Å². The summed E-state index contributed by atoms with van der Waals surface area (Å²) in [5, 5.41) is 9.67. The number of hydrogen-bond acceptors (Lipinski definition) is 4. The molecule has 0 heterocycles. The van der Waals surface area contributed by atoms with Crippen LogP contribution in [0.1, 0.15) is 13.3 Å². The molecule has 0 amide bonds. The van der Waals surface area contributed by atoms with E-state index >= 15 is 0 Å². The Balaban J connectivity index is 0. The first-order valence-corrected chi connectivity index (χ1v) is 2.52. The van der Waals surface area contributed by atoms with Crippen molar-refractivity contribution < 1.29 is 88.3 Å². The van der Waals surface area contributed by atoms with Crippen molar-refractivity contribution >= 4 is 11.9 Å². The third-order valence-electron chi connectivity index (χ3n) is 0.594. The van der Waals surface area contributed by atoms with Gasteiger partial charge >= 0.3 is 74.9 Å². The minimum absolute atomic E-state index is 0. The molecule has 0 radical (unpaired) electrons. The van der Waals surface area contributed by atoms with Crippen molar-refractivity contribution in [3.05, 3.63) is 0 Å². The normalized spacial score (nSPS) is 7.70. The molecule has 10 heavy (non-hydrogen) atoms. The van der Waals surface area contributed by atoms with Gasteiger partial charge in [-0.1, -0.05) is 0 Å². The largest absolute Gasteiger partial charge is 1.00 e. The van der Waals surface area contributed by atoms with Gasteiger partial charge in [0.25, 0.3) is 0 Å². The number of carbonyl (C=O) groups excluding carboxylic acids is 2. The Morgan fingerprint density at radius 2 is 2.00 bits per heavy atom. The zero-order valence-electron chi connectivity index (χ0n) is 6.05. The molecule has 0 aromatic rings. The van der Waals surface area contributed by atoms with Gasteiger partial charge in [0.1, 0.15) is 0 Å². The SMILES string of the molecule is CCOC(=O)CC(=O)[O-].[Cs+]. The number of ether oxygens (including phenoxy) is 1. The third kappa shape index (κ3) is 8.99. The summed E-state index contributed by atoms with van der Waals surface area (Å²) in [6.45, 7) is 1.80. The van der Waals surface area contributed by atoms with Crippen LogP contribution in [-0.2, 0) is 14.3 Å². The van der Waals surface area contributed by atoms with Crippen LogP contribution in [0.4, 0.5) is 0 Å².